The molecule has 0 aliphatic carbocycles. The number of ether oxygens (including phenoxy) is 1. The number of thiophene rings is 1. The third-order valence-electron chi connectivity index (χ3n) is 5.44. The van der Waals surface area contributed by atoms with Gasteiger partial charge in [-0.2, -0.15) is 11.3 Å². The molecular formula is C21H36IN7OS. The number of nitrogens with zero attached hydrogens (tertiary/aromatic N) is 5. The zero-order valence-corrected chi connectivity index (χ0v) is 22.0. The summed E-state index contributed by atoms with van der Waals surface area (Å²) in [5.74, 6) is 2.62. The Kier molecular flexibility index (Phi) is 11.8. The van der Waals surface area contributed by atoms with Crippen LogP contribution in [-0.4, -0.2) is 64.5 Å². The van der Waals surface area contributed by atoms with Crippen LogP contribution in [0.5, 0.6) is 0 Å². The van der Waals surface area contributed by atoms with Crippen molar-refractivity contribution in [3.8, 4) is 0 Å². The summed E-state index contributed by atoms with van der Waals surface area (Å²) in [6.07, 6.45) is 3.19. The van der Waals surface area contributed by atoms with E-state index in [1.165, 1.54) is 5.56 Å². The lowest BCUT2D eigenvalue weighted by Gasteiger charge is -2.33. The number of guanidine groups is 1. The summed E-state index contributed by atoms with van der Waals surface area (Å²) in [6, 6.07) is 2.66. The molecule has 3 heterocycles. The van der Waals surface area contributed by atoms with Crippen LogP contribution in [0.15, 0.2) is 21.8 Å². The number of piperidine rings is 1. The lowest BCUT2D eigenvalue weighted by Crippen LogP contribution is -2.48. The Balaban J connectivity index is 0.00000341. The molecule has 0 saturated carbocycles. The maximum Gasteiger partial charge on any atom is 0.191 e. The quantitative estimate of drug-likeness (QED) is 0.201. The lowest BCUT2D eigenvalue weighted by atomic mass is 10.0. The smallest absolute Gasteiger partial charge is 0.191 e. The molecule has 0 bridgehead atoms. The summed E-state index contributed by atoms with van der Waals surface area (Å²) in [5.41, 5.74) is 1.42. The minimum Gasteiger partial charge on any atom is -0.382 e. The summed E-state index contributed by atoms with van der Waals surface area (Å²) in [7, 11) is 1.98. The summed E-state index contributed by atoms with van der Waals surface area (Å²) in [4.78, 5) is 7.31. The molecule has 2 aromatic rings. The molecule has 0 aromatic carbocycles. The van der Waals surface area contributed by atoms with Crippen LogP contribution in [0.3, 0.4) is 0 Å². The van der Waals surface area contributed by atoms with Crippen molar-refractivity contribution in [2.24, 2.45) is 12.0 Å². The summed E-state index contributed by atoms with van der Waals surface area (Å²) >= 11 is 1.77. The first-order chi connectivity index (χ1) is 14.7. The van der Waals surface area contributed by atoms with E-state index in [-0.39, 0.29) is 24.0 Å². The highest BCUT2D eigenvalue weighted by Crippen LogP contribution is 2.15. The fourth-order valence-electron chi connectivity index (χ4n) is 3.49. The van der Waals surface area contributed by atoms with Gasteiger partial charge in [0.1, 0.15) is 12.4 Å². The molecule has 3 rings (SSSR count). The Hall–Kier alpha value is -1.24. The Morgan fingerprint density at radius 2 is 2.13 bits per heavy atom. The zero-order chi connectivity index (χ0) is 21.2. The van der Waals surface area contributed by atoms with Gasteiger partial charge in [0.05, 0.1) is 0 Å². The number of hydrogen-bond donors (Lipinski definition) is 2. The molecule has 0 amide bonds. The average Bonchev–Trinajstić information content (AvgIpc) is 3.37. The SMILES string of the molecule is CCOCCCNC(=NCc1nnc(C)n1C)NC1CCN(Cc2ccsc2)CC1.I. The van der Waals surface area contributed by atoms with E-state index >= 15 is 0 Å². The second-order valence-corrected chi connectivity index (χ2v) is 8.47. The van der Waals surface area contributed by atoms with E-state index in [1.807, 2.05) is 25.5 Å². The maximum atomic E-state index is 5.44. The van der Waals surface area contributed by atoms with Gasteiger partial charge < -0.3 is 19.9 Å². The van der Waals surface area contributed by atoms with Crippen LogP contribution in [0, 0.1) is 6.92 Å². The van der Waals surface area contributed by atoms with Gasteiger partial charge >= 0.3 is 0 Å². The molecular weight excluding hydrogens is 525 g/mol. The van der Waals surface area contributed by atoms with Gasteiger partial charge in [-0.3, -0.25) is 4.90 Å². The Morgan fingerprint density at radius 3 is 2.77 bits per heavy atom. The fourth-order valence-corrected chi connectivity index (χ4v) is 4.15. The molecule has 2 N–H and O–H groups in total. The van der Waals surface area contributed by atoms with E-state index in [0.29, 0.717) is 12.6 Å². The Morgan fingerprint density at radius 1 is 1.32 bits per heavy atom. The predicted octanol–water partition coefficient (Wildman–Crippen LogP) is 2.93. The van der Waals surface area contributed by atoms with E-state index in [4.69, 9.17) is 9.73 Å². The molecule has 31 heavy (non-hydrogen) atoms. The number of likely N-dealkylation sites (tertiary alicyclic amines) is 1. The molecule has 0 atom stereocenters. The van der Waals surface area contributed by atoms with Gasteiger partial charge in [-0.05, 0) is 55.5 Å². The average molecular weight is 562 g/mol. The fraction of sp³-hybridized carbons (Fsp3) is 0.667. The third kappa shape index (κ3) is 8.66. The highest BCUT2D eigenvalue weighted by Gasteiger charge is 2.20. The molecule has 1 aliphatic rings. The first kappa shape index (κ1) is 26.0. The molecule has 0 radical (unpaired) electrons. The minimum absolute atomic E-state index is 0. The first-order valence-corrected chi connectivity index (χ1v) is 11.8. The van der Waals surface area contributed by atoms with Crippen molar-refractivity contribution in [2.45, 2.75) is 52.2 Å². The number of rotatable bonds is 10. The summed E-state index contributed by atoms with van der Waals surface area (Å²) in [5, 5.41) is 19.8. The second-order valence-electron chi connectivity index (χ2n) is 7.69. The van der Waals surface area contributed by atoms with Crippen molar-refractivity contribution in [2.75, 3.05) is 32.8 Å². The Labute approximate surface area is 206 Å². The van der Waals surface area contributed by atoms with E-state index in [2.05, 4.69) is 42.6 Å². The van der Waals surface area contributed by atoms with Gasteiger partial charge in [0, 0.05) is 52.5 Å². The monoisotopic (exact) mass is 561 g/mol. The van der Waals surface area contributed by atoms with Crippen LogP contribution in [0.25, 0.3) is 0 Å². The molecule has 2 aromatic heterocycles. The van der Waals surface area contributed by atoms with Gasteiger partial charge in [0.2, 0.25) is 0 Å². The molecule has 174 valence electrons. The van der Waals surface area contributed by atoms with E-state index in [0.717, 1.165) is 76.3 Å². The number of aromatic nitrogens is 3. The summed E-state index contributed by atoms with van der Waals surface area (Å²) < 4.78 is 7.43. The van der Waals surface area contributed by atoms with Gasteiger partial charge in [-0.25, -0.2) is 4.99 Å². The molecule has 1 aliphatic heterocycles. The zero-order valence-electron chi connectivity index (χ0n) is 18.8. The molecule has 1 saturated heterocycles. The topological polar surface area (TPSA) is 79.6 Å². The number of hydrogen-bond acceptors (Lipinski definition) is 6. The van der Waals surface area contributed by atoms with Gasteiger partial charge in [-0.1, -0.05) is 0 Å². The predicted molar refractivity (Wildman–Crippen MR) is 137 cm³/mol. The van der Waals surface area contributed by atoms with Crippen LogP contribution in [0.1, 0.15) is 43.4 Å². The van der Waals surface area contributed by atoms with Gasteiger partial charge in [0.15, 0.2) is 11.8 Å². The molecule has 10 heteroatoms. The van der Waals surface area contributed by atoms with Crippen molar-refractivity contribution >= 4 is 41.3 Å². The van der Waals surface area contributed by atoms with E-state index in [9.17, 15) is 0 Å². The molecule has 1 fully saturated rings. The molecule has 0 unspecified atom stereocenters. The summed E-state index contributed by atoms with van der Waals surface area (Å²) in [6.45, 7) is 10.1. The maximum absolute atomic E-state index is 5.44. The standard InChI is InChI=1S/C21H35N7OS.HI/c1-4-29-12-5-9-22-21(23-14-20-26-25-17(2)27(20)3)24-19-6-10-28(11-7-19)15-18-8-13-30-16-18;/h8,13,16,19H,4-7,9-12,14-15H2,1-3H3,(H2,22,23,24);1H. The highest BCUT2D eigenvalue weighted by atomic mass is 127. The van der Waals surface area contributed by atoms with Crippen molar-refractivity contribution in [3.05, 3.63) is 34.0 Å². The van der Waals surface area contributed by atoms with E-state index < -0.39 is 0 Å². The number of aryl methyl sites for hydroxylation is 1. The minimum atomic E-state index is 0. The van der Waals surface area contributed by atoms with Crippen molar-refractivity contribution in [1.29, 1.82) is 0 Å². The normalized spacial score (nSPS) is 15.6. The van der Waals surface area contributed by atoms with Crippen molar-refractivity contribution < 1.29 is 4.74 Å². The number of halogens is 1. The highest BCUT2D eigenvalue weighted by molar-refractivity contribution is 14.0. The van der Waals surface area contributed by atoms with Crippen LogP contribution < -0.4 is 10.6 Å². The molecule has 0 spiro atoms. The van der Waals surface area contributed by atoms with E-state index in [1.54, 1.807) is 11.3 Å². The Bertz CT molecular complexity index is 773. The third-order valence-corrected chi connectivity index (χ3v) is 6.17. The van der Waals surface area contributed by atoms with Crippen LogP contribution >= 0.6 is 35.3 Å². The van der Waals surface area contributed by atoms with Crippen LogP contribution in [-0.2, 0) is 24.9 Å². The lowest BCUT2D eigenvalue weighted by molar-refractivity contribution is 0.145. The van der Waals surface area contributed by atoms with Crippen molar-refractivity contribution in [1.82, 2.24) is 30.3 Å². The number of aliphatic imine (C=N–C) groups is 1. The van der Waals surface area contributed by atoms with Crippen LogP contribution in [0.2, 0.25) is 0 Å². The van der Waals surface area contributed by atoms with Gasteiger partial charge in [-0.15, -0.1) is 34.2 Å². The van der Waals surface area contributed by atoms with Crippen LogP contribution in [0.4, 0.5) is 0 Å². The first-order valence-electron chi connectivity index (χ1n) is 10.9. The molecule has 8 nitrogen and oxygen atoms in total. The van der Waals surface area contributed by atoms with Gasteiger partial charge in [0.25, 0.3) is 0 Å². The largest absolute Gasteiger partial charge is 0.382 e. The number of nitrogens with one attached hydrogen (secondary N) is 2. The second kappa shape index (κ2) is 14.0. The van der Waals surface area contributed by atoms with Crippen molar-refractivity contribution in [3.63, 3.8) is 0 Å².